The van der Waals surface area contributed by atoms with Crippen molar-refractivity contribution < 1.29 is 52.3 Å². The largest absolute Gasteiger partial charge is 0.504 e. The monoisotopic (exact) mass is 595 g/mol. The van der Waals surface area contributed by atoms with Gasteiger partial charge in [0.25, 0.3) is 11.8 Å². The van der Waals surface area contributed by atoms with Crippen LogP contribution in [0.3, 0.4) is 0 Å². The number of anilines is 1. The molecular weight excluding hydrogens is 578 g/mol. The Morgan fingerprint density at radius 1 is 1.20 bits per heavy atom. The summed E-state index contributed by atoms with van der Waals surface area (Å²) in [6.07, 6.45) is 0.331. The van der Waals surface area contributed by atoms with Crippen LogP contribution in [-0.2, 0) is 36.1 Å². The van der Waals surface area contributed by atoms with E-state index in [2.05, 4.69) is 30.7 Å². The number of phenolic OH excluding ortho intramolecular Hbond substituents is 2. The highest BCUT2D eigenvalue weighted by molar-refractivity contribution is 7.84. The molecule has 40 heavy (non-hydrogen) atoms. The number of carboxylic acids is 1. The first kappa shape index (κ1) is 28.1. The van der Waals surface area contributed by atoms with Gasteiger partial charge < -0.3 is 30.8 Å². The Labute approximate surface area is 226 Å². The van der Waals surface area contributed by atoms with Crippen molar-refractivity contribution in [2.45, 2.75) is 25.6 Å². The van der Waals surface area contributed by atoms with Crippen LogP contribution in [0.15, 0.2) is 22.7 Å². The number of rotatable bonds is 10. The Balaban J connectivity index is 1.62. The van der Waals surface area contributed by atoms with E-state index in [9.17, 15) is 42.9 Å². The molecule has 20 heteroatoms. The number of nitrogens with one attached hydrogen (secondary N) is 2. The summed E-state index contributed by atoms with van der Waals surface area (Å²) in [6.45, 7) is 0.591. The van der Waals surface area contributed by atoms with Gasteiger partial charge in [0.2, 0.25) is 6.41 Å². The molecule has 4 rings (SSSR count). The predicted molar refractivity (Wildman–Crippen MR) is 133 cm³/mol. The van der Waals surface area contributed by atoms with E-state index in [0.29, 0.717) is 6.41 Å². The number of hydrogen-bond acceptors (Lipinski definition) is 14. The van der Waals surface area contributed by atoms with Crippen molar-refractivity contribution in [2.24, 2.45) is 5.16 Å². The fourth-order valence-corrected chi connectivity index (χ4v) is 5.10. The van der Waals surface area contributed by atoms with Crippen molar-refractivity contribution in [3.8, 4) is 11.5 Å². The molecule has 1 aliphatic rings. The molecule has 0 bridgehead atoms. The van der Waals surface area contributed by atoms with Gasteiger partial charge in [-0.25, -0.2) is 24.1 Å². The first-order valence-corrected chi connectivity index (χ1v) is 13.0. The summed E-state index contributed by atoms with van der Waals surface area (Å²) < 4.78 is 32.0. The Morgan fingerprint density at radius 3 is 2.42 bits per heavy atom. The zero-order valence-electron chi connectivity index (χ0n) is 19.9. The average molecular weight is 596 g/mol. The van der Waals surface area contributed by atoms with Crippen molar-refractivity contribution in [1.82, 2.24) is 24.6 Å². The van der Waals surface area contributed by atoms with E-state index in [1.54, 1.807) is 0 Å². The van der Waals surface area contributed by atoms with Gasteiger partial charge in [-0.1, -0.05) is 5.16 Å². The molecular formula is C20H17N7O11S2. The molecule has 1 fully saturated rings. The number of hydrogen-bond donors (Lipinski definition) is 6. The molecule has 3 heterocycles. The molecule has 0 saturated carbocycles. The number of carboxylic acid groups (broad SMARTS) is 1. The van der Waals surface area contributed by atoms with Crippen molar-refractivity contribution in [1.29, 1.82) is 0 Å². The minimum atomic E-state index is -4.85. The zero-order valence-corrected chi connectivity index (χ0v) is 21.5. The molecule has 2 atom stereocenters. The molecule has 6 N–H and O–H groups in total. The lowest BCUT2D eigenvalue weighted by atomic mass is 10.0. The SMILES string of the molecule is C[C@H]1[C@@H](NC(=O)/C(=N\OCc2nc3cc(O)c(O)cc3nc2C(=O)O)c2csc(NC=O)n2)C(=O)N1S(=O)(=O)O. The van der Waals surface area contributed by atoms with Gasteiger partial charge in [-0.3, -0.25) is 18.9 Å². The summed E-state index contributed by atoms with van der Waals surface area (Å²) >= 11 is 0.902. The zero-order chi connectivity index (χ0) is 29.4. The molecule has 0 aliphatic carbocycles. The number of carbonyl (C=O) groups excluding carboxylic acids is 3. The van der Waals surface area contributed by atoms with Gasteiger partial charge >= 0.3 is 16.3 Å². The molecule has 0 spiro atoms. The summed E-state index contributed by atoms with van der Waals surface area (Å²) in [6, 6.07) is -0.453. The number of carbonyl (C=O) groups is 4. The maximum Gasteiger partial charge on any atom is 0.362 e. The summed E-state index contributed by atoms with van der Waals surface area (Å²) in [7, 11) is -4.85. The summed E-state index contributed by atoms with van der Waals surface area (Å²) in [5, 5.41) is 38.5. The topological polar surface area (TPSA) is 271 Å². The van der Waals surface area contributed by atoms with Gasteiger partial charge in [-0.05, 0) is 6.92 Å². The molecule has 1 aromatic carbocycles. The number of nitrogens with zero attached hydrogens (tertiary/aromatic N) is 5. The summed E-state index contributed by atoms with van der Waals surface area (Å²) in [5.41, 5.74) is -1.58. The smallest absolute Gasteiger partial charge is 0.362 e. The fraction of sp³-hybridized carbons (Fsp3) is 0.200. The Morgan fingerprint density at radius 2 is 1.85 bits per heavy atom. The number of aromatic carboxylic acids is 1. The maximum atomic E-state index is 13.0. The van der Waals surface area contributed by atoms with Crippen LogP contribution < -0.4 is 10.6 Å². The number of aromatic nitrogens is 3. The van der Waals surface area contributed by atoms with E-state index in [-0.39, 0.29) is 31.9 Å². The van der Waals surface area contributed by atoms with Crippen LogP contribution in [0.4, 0.5) is 5.13 Å². The second-order valence-electron chi connectivity index (χ2n) is 7.97. The molecule has 210 valence electrons. The Bertz CT molecular complexity index is 1690. The van der Waals surface area contributed by atoms with E-state index in [1.165, 1.54) is 12.3 Å². The molecule has 2 aromatic heterocycles. The minimum absolute atomic E-state index is 0.00537. The lowest BCUT2D eigenvalue weighted by Gasteiger charge is -2.42. The molecule has 0 unspecified atom stereocenters. The van der Waals surface area contributed by atoms with E-state index < -0.39 is 69.7 Å². The molecule has 1 aliphatic heterocycles. The first-order chi connectivity index (χ1) is 18.8. The lowest BCUT2D eigenvalue weighted by molar-refractivity contribution is -0.143. The second kappa shape index (κ2) is 10.7. The number of oxime groups is 1. The summed E-state index contributed by atoms with van der Waals surface area (Å²) in [4.78, 5) is 64.8. The van der Waals surface area contributed by atoms with Gasteiger partial charge in [0, 0.05) is 17.5 Å². The van der Waals surface area contributed by atoms with E-state index in [4.69, 9.17) is 9.39 Å². The number of amides is 3. The highest BCUT2D eigenvalue weighted by Crippen LogP contribution is 2.29. The van der Waals surface area contributed by atoms with Crippen molar-refractivity contribution in [3.05, 3.63) is 34.6 Å². The number of β-lactam (4-membered cyclic amide) rings is 1. The van der Waals surface area contributed by atoms with Crippen LogP contribution in [0.1, 0.15) is 28.8 Å². The van der Waals surface area contributed by atoms with Gasteiger partial charge in [-0.15, -0.1) is 11.3 Å². The quantitative estimate of drug-likeness (QED) is 0.0418. The first-order valence-electron chi connectivity index (χ1n) is 10.7. The maximum absolute atomic E-state index is 13.0. The third kappa shape index (κ3) is 5.43. The van der Waals surface area contributed by atoms with Crippen molar-refractivity contribution >= 4 is 67.7 Å². The molecule has 18 nitrogen and oxygen atoms in total. The van der Waals surface area contributed by atoms with E-state index in [0.717, 1.165) is 23.5 Å². The lowest BCUT2D eigenvalue weighted by Crippen LogP contribution is -2.71. The van der Waals surface area contributed by atoms with Crippen LogP contribution >= 0.6 is 11.3 Å². The van der Waals surface area contributed by atoms with Gasteiger partial charge in [0.1, 0.15) is 17.4 Å². The third-order valence-electron chi connectivity index (χ3n) is 5.41. The average Bonchev–Trinajstić information content (AvgIpc) is 3.33. The Kier molecular flexibility index (Phi) is 7.48. The second-order valence-corrected chi connectivity index (χ2v) is 10.1. The molecule has 3 amide bonds. The van der Waals surface area contributed by atoms with E-state index in [1.807, 2.05) is 0 Å². The normalized spacial score (nSPS) is 17.3. The van der Waals surface area contributed by atoms with Crippen LogP contribution in [0.2, 0.25) is 0 Å². The van der Waals surface area contributed by atoms with E-state index >= 15 is 0 Å². The standard InChI is InChI=1S/C20H17N7O11S2/c1-7-14(18(32)27(7)40(35,36)37)25-17(31)15(11-5-39-20(24-11)21-6-28)26-38-4-10-16(19(33)34)23-9-3-13(30)12(29)2-8(9)22-10/h2-3,5-7,14,29-30H,4H2,1H3,(H,25,31)(H,33,34)(H,21,24,28)(H,35,36,37)/b26-15-/t7-,14+/m0/s1. The molecule has 0 radical (unpaired) electrons. The van der Waals surface area contributed by atoms with Crippen LogP contribution in [0.25, 0.3) is 11.0 Å². The number of aromatic hydroxyl groups is 2. The highest BCUT2D eigenvalue weighted by atomic mass is 32.2. The van der Waals surface area contributed by atoms with Crippen LogP contribution in [-0.4, -0.2) is 89.5 Å². The van der Waals surface area contributed by atoms with Crippen LogP contribution in [0.5, 0.6) is 11.5 Å². The van der Waals surface area contributed by atoms with Gasteiger partial charge in [-0.2, -0.15) is 8.42 Å². The molecule has 1 saturated heterocycles. The number of fused-ring (bicyclic) bond motifs is 1. The van der Waals surface area contributed by atoms with Gasteiger partial charge in [0.05, 0.1) is 17.1 Å². The third-order valence-corrected chi connectivity index (χ3v) is 7.19. The highest BCUT2D eigenvalue weighted by Gasteiger charge is 2.51. The predicted octanol–water partition coefficient (Wildman–Crippen LogP) is -0.797. The van der Waals surface area contributed by atoms with Crippen LogP contribution in [0, 0.1) is 0 Å². The summed E-state index contributed by atoms with van der Waals surface area (Å²) in [5.74, 6) is -4.77. The number of thiazole rings is 1. The Hall–Kier alpha value is -4.95. The van der Waals surface area contributed by atoms with Gasteiger partial charge in [0.15, 0.2) is 34.6 Å². The van der Waals surface area contributed by atoms with Crippen molar-refractivity contribution in [2.75, 3.05) is 5.32 Å². The number of phenols is 2. The fourth-order valence-electron chi connectivity index (χ4n) is 3.56. The minimum Gasteiger partial charge on any atom is -0.504 e. The van der Waals surface area contributed by atoms with Crippen molar-refractivity contribution in [3.63, 3.8) is 0 Å². The molecule has 3 aromatic rings. The number of benzene rings is 1.